The number of rotatable bonds is 4. The van der Waals surface area contributed by atoms with Crippen molar-refractivity contribution >= 4 is 11.9 Å². The number of carboxylic acids is 1. The van der Waals surface area contributed by atoms with Gasteiger partial charge < -0.3 is 19.5 Å². The first-order valence-electron chi connectivity index (χ1n) is 5.55. The Morgan fingerprint density at radius 3 is 2.65 bits per heavy atom. The summed E-state index contributed by atoms with van der Waals surface area (Å²) < 4.78 is 10.4. The minimum Gasteiger partial charge on any atom is -0.480 e. The Labute approximate surface area is 100 Å². The standard InChI is InChI=1S/C11H19NO5/c1-8-4-12(7-11(2,3)17-8)9(13)5-16-6-10(14)15/h8H,4-7H2,1-3H3,(H,14,15). The molecule has 1 heterocycles. The summed E-state index contributed by atoms with van der Waals surface area (Å²) >= 11 is 0. The van der Waals surface area contributed by atoms with Gasteiger partial charge in [0.25, 0.3) is 0 Å². The third kappa shape index (κ3) is 4.70. The quantitative estimate of drug-likeness (QED) is 0.761. The van der Waals surface area contributed by atoms with Crippen LogP contribution in [0.2, 0.25) is 0 Å². The van der Waals surface area contributed by atoms with Crippen LogP contribution in [0.4, 0.5) is 0 Å². The number of carbonyl (C=O) groups is 2. The van der Waals surface area contributed by atoms with Gasteiger partial charge in [-0.3, -0.25) is 4.79 Å². The molecular formula is C11H19NO5. The van der Waals surface area contributed by atoms with E-state index < -0.39 is 12.6 Å². The van der Waals surface area contributed by atoms with E-state index in [9.17, 15) is 9.59 Å². The maximum atomic E-state index is 11.8. The lowest BCUT2D eigenvalue weighted by Crippen LogP contribution is -2.54. The van der Waals surface area contributed by atoms with Crippen molar-refractivity contribution in [2.45, 2.75) is 32.5 Å². The fourth-order valence-corrected chi connectivity index (χ4v) is 1.96. The Morgan fingerprint density at radius 1 is 1.47 bits per heavy atom. The molecule has 0 spiro atoms. The van der Waals surface area contributed by atoms with Crippen LogP contribution in [-0.4, -0.2) is 59.9 Å². The Kier molecular flexibility index (Phi) is 4.47. The van der Waals surface area contributed by atoms with Crippen LogP contribution in [-0.2, 0) is 19.1 Å². The predicted molar refractivity (Wildman–Crippen MR) is 59.7 cm³/mol. The van der Waals surface area contributed by atoms with E-state index in [-0.39, 0.29) is 24.2 Å². The lowest BCUT2D eigenvalue weighted by Gasteiger charge is -2.41. The first-order chi connectivity index (χ1) is 7.80. The molecular weight excluding hydrogens is 226 g/mol. The van der Waals surface area contributed by atoms with Crippen molar-refractivity contribution < 1.29 is 24.2 Å². The second-order valence-electron chi connectivity index (χ2n) is 4.85. The first-order valence-corrected chi connectivity index (χ1v) is 5.55. The molecule has 1 aliphatic rings. The molecule has 6 heteroatoms. The molecule has 0 aromatic heterocycles. The highest BCUT2D eigenvalue weighted by Crippen LogP contribution is 2.20. The summed E-state index contributed by atoms with van der Waals surface area (Å²) in [5.74, 6) is -1.28. The van der Waals surface area contributed by atoms with Crippen LogP contribution in [0.3, 0.4) is 0 Å². The molecule has 0 saturated carbocycles. The maximum absolute atomic E-state index is 11.8. The number of carbonyl (C=O) groups excluding carboxylic acids is 1. The number of carboxylic acid groups (broad SMARTS) is 1. The molecule has 1 fully saturated rings. The highest BCUT2D eigenvalue weighted by atomic mass is 16.5. The first kappa shape index (κ1) is 13.9. The molecule has 1 unspecified atom stereocenters. The molecule has 0 bridgehead atoms. The smallest absolute Gasteiger partial charge is 0.329 e. The van der Waals surface area contributed by atoms with E-state index in [0.29, 0.717) is 13.1 Å². The van der Waals surface area contributed by atoms with E-state index >= 15 is 0 Å². The van der Waals surface area contributed by atoms with E-state index in [0.717, 1.165) is 0 Å². The van der Waals surface area contributed by atoms with Crippen LogP contribution in [0.15, 0.2) is 0 Å². The van der Waals surface area contributed by atoms with Gasteiger partial charge in [0.1, 0.15) is 13.2 Å². The van der Waals surface area contributed by atoms with Crippen LogP contribution in [0, 0.1) is 0 Å². The molecule has 1 saturated heterocycles. The lowest BCUT2D eigenvalue weighted by atomic mass is 10.1. The van der Waals surface area contributed by atoms with E-state index in [4.69, 9.17) is 14.6 Å². The molecule has 0 aromatic carbocycles. The highest BCUT2D eigenvalue weighted by molar-refractivity contribution is 5.78. The Bertz CT molecular complexity index is 302. The largest absolute Gasteiger partial charge is 0.480 e. The third-order valence-corrected chi connectivity index (χ3v) is 2.37. The normalized spacial score (nSPS) is 23.5. The summed E-state index contributed by atoms with van der Waals surface area (Å²) in [4.78, 5) is 23.7. The van der Waals surface area contributed by atoms with E-state index in [1.807, 2.05) is 20.8 Å². The van der Waals surface area contributed by atoms with Gasteiger partial charge in [0.2, 0.25) is 5.91 Å². The zero-order chi connectivity index (χ0) is 13.1. The second-order valence-corrected chi connectivity index (χ2v) is 4.85. The van der Waals surface area contributed by atoms with Crippen molar-refractivity contribution in [1.29, 1.82) is 0 Å². The van der Waals surface area contributed by atoms with Crippen LogP contribution in [0.25, 0.3) is 0 Å². The van der Waals surface area contributed by atoms with Gasteiger partial charge >= 0.3 is 5.97 Å². The second kappa shape index (κ2) is 5.46. The van der Waals surface area contributed by atoms with Crippen molar-refractivity contribution in [2.24, 2.45) is 0 Å². The van der Waals surface area contributed by atoms with Crippen molar-refractivity contribution in [3.63, 3.8) is 0 Å². The molecule has 1 atom stereocenters. The number of amides is 1. The fraction of sp³-hybridized carbons (Fsp3) is 0.818. The minimum atomic E-state index is -1.08. The molecule has 98 valence electrons. The molecule has 1 aliphatic heterocycles. The number of hydrogen-bond acceptors (Lipinski definition) is 4. The third-order valence-electron chi connectivity index (χ3n) is 2.37. The van der Waals surface area contributed by atoms with Gasteiger partial charge in [-0.05, 0) is 20.8 Å². The van der Waals surface area contributed by atoms with Gasteiger partial charge in [-0.1, -0.05) is 0 Å². The number of ether oxygens (including phenoxy) is 2. The molecule has 0 aromatic rings. The van der Waals surface area contributed by atoms with Crippen LogP contribution < -0.4 is 0 Å². The molecule has 1 rings (SSSR count). The molecule has 17 heavy (non-hydrogen) atoms. The predicted octanol–water partition coefficient (Wildman–Crippen LogP) is 0.114. The molecule has 1 amide bonds. The average molecular weight is 245 g/mol. The summed E-state index contributed by atoms with van der Waals surface area (Å²) in [6.07, 6.45) is -0.0258. The van der Waals surface area contributed by atoms with Crippen molar-refractivity contribution in [2.75, 3.05) is 26.3 Å². The fourth-order valence-electron chi connectivity index (χ4n) is 1.96. The summed E-state index contributed by atoms with van der Waals surface area (Å²) in [5, 5.41) is 8.39. The summed E-state index contributed by atoms with van der Waals surface area (Å²) in [6.45, 7) is 6.09. The zero-order valence-corrected chi connectivity index (χ0v) is 10.4. The van der Waals surface area contributed by atoms with E-state index in [1.165, 1.54) is 0 Å². The van der Waals surface area contributed by atoms with Gasteiger partial charge in [-0.25, -0.2) is 4.79 Å². The van der Waals surface area contributed by atoms with Gasteiger partial charge in [-0.15, -0.1) is 0 Å². The van der Waals surface area contributed by atoms with Gasteiger partial charge in [-0.2, -0.15) is 0 Å². The highest BCUT2D eigenvalue weighted by Gasteiger charge is 2.33. The van der Waals surface area contributed by atoms with Gasteiger partial charge in [0.05, 0.1) is 11.7 Å². The minimum absolute atomic E-state index is 0.0258. The monoisotopic (exact) mass is 245 g/mol. The number of nitrogens with zero attached hydrogens (tertiary/aromatic N) is 1. The Morgan fingerprint density at radius 2 is 2.12 bits per heavy atom. The number of hydrogen-bond donors (Lipinski definition) is 1. The molecule has 0 radical (unpaired) electrons. The zero-order valence-electron chi connectivity index (χ0n) is 10.4. The van der Waals surface area contributed by atoms with E-state index in [2.05, 4.69) is 0 Å². The molecule has 6 nitrogen and oxygen atoms in total. The SMILES string of the molecule is CC1CN(C(=O)COCC(=O)O)CC(C)(C)O1. The summed E-state index contributed by atoms with van der Waals surface area (Å²) in [6, 6.07) is 0. The average Bonchev–Trinajstić information content (AvgIpc) is 2.13. The number of morpholine rings is 1. The Hall–Kier alpha value is -1.14. The van der Waals surface area contributed by atoms with Crippen molar-refractivity contribution in [1.82, 2.24) is 4.90 Å². The van der Waals surface area contributed by atoms with Crippen LogP contribution in [0.1, 0.15) is 20.8 Å². The number of aliphatic carboxylic acids is 1. The Balaban J connectivity index is 2.43. The summed E-state index contributed by atoms with van der Waals surface area (Å²) in [5.41, 5.74) is -0.375. The van der Waals surface area contributed by atoms with Crippen molar-refractivity contribution in [3.8, 4) is 0 Å². The summed E-state index contributed by atoms with van der Waals surface area (Å²) in [7, 11) is 0. The molecule has 0 aliphatic carbocycles. The van der Waals surface area contributed by atoms with Crippen LogP contribution >= 0.6 is 0 Å². The molecule has 1 N–H and O–H groups in total. The van der Waals surface area contributed by atoms with Crippen LogP contribution in [0.5, 0.6) is 0 Å². The van der Waals surface area contributed by atoms with Gasteiger partial charge in [0, 0.05) is 13.1 Å². The lowest BCUT2D eigenvalue weighted by molar-refractivity contribution is -0.163. The maximum Gasteiger partial charge on any atom is 0.329 e. The van der Waals surface area contributed by atoms with Gasteiger partial charge in [0.15, 0.2) is 0 Å². The topological polar surface area (TPSA) is 76.1 Å². The van der Waals surface area contributed by atoms with Crippen molar-refractivity contribution in [3.05, 3.63) is 0 Å². The van der Waals surface area contributed by atoms with E-state index in [1.54, 1.807) is 4.90 Å².